The molecule has 0 saturated carbocycles. The number of benzene rings is 2. The summed E-state index contributed by atoms with van der Waals surface area (Å²) < 4.78 is 11.7. The van der Waals surface area contributed by atoms with E-state index in [0.717, 1.165) is 16.5 Å². The maximum absolute atomic E-state index is 12.6. The molecule has 0 spiro atoms. The first kappa shape index (κ1) is 17.5. The van der Waals surface area contributed by atoms with Crippen molar-refractivity contribution in [3.63, 3.8) is 0 Å². The van der Waals surface area contributed by atoms with E-state index in [1.165, 1.54) is 0 Å². The summed E-state index contributed by atoms with van der Waals surface area (Å²) in [5.41, 5.74) is 1.71. The Bertz CT molecular complexity index is 801. The molecule has 0 radical (unpaired) electrons. The minimum atomic E-state index is -0.767. The number of para-hydroxylation sites is 2. The van der Waals surface area contributed by atoms with E-state index in [4.69, 9.17) is 4.99 Å². The lowest BCUT2D eigenvalue weighted by atomic mass is 10.2. The monoisotopic (exact) mass is 385 g/mol. The maximum atomic E-state index is 12.6. The zero-order chi connectivity index (χ0) is 17.9. The van der Waals surface area contributed by atoms with E-state index in [2.05, 4.69) is 5.32 Å². The summed E-state index contributed by atoms with van der Waals surface area (Å²) in [6.07, 6.45) is 0. The zero-order valence-electron chi connectivity index (χ0n) is 14.1. The quantitative estimate of drug-likeness (QED) is 0.822. The molecule has 2 aliphatic rings. The van der Waals surface area contributed by atoms with Gasteiger partial charge in [0.2, 0.25) is 5.91 Å². The highest BCUT2D eigenvalue weighted by molar-refractivity contribution is 8.15. The van der Waals surface area contributed by atoms with E-state index >= 15 is 0 Å². The molecule has 7 heteroatoms. The van der Waals surface area contributed by atoms with Gasteiger partial charge in [0, 0.05) is 11.4 Å². The van der Waals surface area contributed by atoms with Crippen molar-refractivity contribution in [2.75, 3.05) is 28.3 Å². The number of hydrogen-bond donors (Lipinski definition) is 1. The molecule has 4 rings (SSSR count). The molecule has 3 atom stereocenters. The summed E-state index contributed by atoms with van der Waals surface area (Å²) in [7, 11) is 0. The molecule has 1 N–H and O–H groups in total. The Kier molecular flexibility index (Phi) is 5.19. The van der Waals surface area contributed by atoms with Gasteiger partial charge in [-0.2, -0.15) is 0 Å². The van der Waals surface area contributed by atoms with Crippen LogP contribution in [-0.4, -0.2) is 45.0 Å². The average Bonchev–Trinajstić information content (AvgIpc) is 3.18. The molecule has 2 heterocycles. The highest BCUT2D eigenvalue weighted by atomic mass is 32.2. The van der Waals surface area contributed by atoms with E-state index in [0.29, 0.717) is 11.5 Å². The van der Waals surface area contributed by atoms with Crippen LogP contribution in [0.25, 0.3) is 0 Å². The highest BCUT2D eigenvalue weighted by Gasteiger charge is 2.44. The van der Waals surface area contributed by atoms with Gasteiger partial charge in [-0.15, -0.1) is 0 Å². The number of amides is 1. The number of anilines is 2. The van der Waals surface area contributed by atoms with Crippen LogP contribution in [0.3, 0.4) is 0 Å². The van der Waals surface area contributed by atoms with Crippen molar-refractivity contribution in [1.29, 1.82) is 0 Å². The fourth-order valence-electron chi connectivity index (χ4n) is 3.08. The Morgan fingerprint density at radius 3 is 2.54 bits per heavy atom. The number of amidine groups is 1. The smallest absolute Gasteiger partial charge is 0.244 e. The minimum Gasteiger partial charge on any atom is -0.616 e. The number of carbonyl (C=O) groups excluding carboxylic acids is 1. The van der Waals surface area contributed by atoms with Crippen molar-refractivity contribution in [3.05, 3.63) is 60.7 Å². The Morgan fingerprint density at radius 1 is 1.15 bits per heavy atom. The fraction of sp³-hybridized carbons (Fsp3) is 0.263. The highest BCUT2D eigenvalue weighted by Crippen LogP contribution is 2.36. The van der Waals surface area contributed by atoms with Gasteiger partial charge in [0.1, 0.15) is 24.1 Å². The molecule has 26 heavy (non-hydrogen) atoms. The summed E-state index contributed by atoms with van der Waals surface area (Å²) in [6.45, 7) is 0.188. The van der Waals surface area contributed by atoms with Crippen LogP contribution in [0.2, 0.25) is 0 Å². The van der Waals surface area contributed by atoms with Crippen LogP contribution < -0.4 is 10.2 Å². The molecule has 1 fully saturated rings. The Hall–Kier alpha value is -1.96. The van der Waals surface area contributed by atoms with Gasteiger partial charge in [-0.1, -0.05) is 59.3 Å². The molecule has 2 aromatic rings. The Morgan fingerprint density at radius 2 is 1.85 bits per heavy atom. The Labute approximate surface area is 160 Å². The van der Waals surface area contributed by atoms with E-state index in [1.807, 2.05) is 65.6 Å². The number of aliphatic imine (C=N–C) groups is 1. The first-order valence-corrected chi connectivity index (χ1v) is 10.8. The number of carbonyl (C=O) groups is 1. The molecule has 2 aromatic carbocycles. The van der Waals surface area contributed by atoms with E-state index in [1.54, 1.807) is 11.8 Å². The second-order valence-electron chi connectivity index (χ2n) is 6.24. The fourth-order valence-corrected chi connectivity index (χ4v) is 6.42. The summed E-state index contributed by atoms with van der Waals surface area (Å²) in [5, 5.41) is 4.03. The maximum Gasteiger partial charge on any atom is 0.244 e. The lowest BCUT2D eigenvalue weighted by molar-refractivity contribution is -0.114. The van der Waals surface area contributed by atoms with Crippen molar-refractivity contribution in [1.82, 2.24) is 0 Å². The molecule has 1 saturated heterocycles. The molecular weight excluding hydrogens is 366 g/mol. The van der Waals surface area contributed by atoms with Gasteiger partial charge in [0.05, 0.1) is 5.25 Å². The topological polar surface area (TPSA) is 67.8 Å². The normalized spacial score (nSPS) is 24.0. The predicted molar refractivity (Wildman–Crippen MR) is 109 cm³/mol. The van der Waals surface area contributed by atoms with Crippen molar-refractivity contribution in [3.8, 4) is 0 Å². The molecule has 2 aliphatic heterocycles. The lowest BCUT2D eigenvalue weighted by Gasteiger charge is -2.24. The summed E-state index contributed by atoms with van der Waals surface area (Å²) in [4.78, 5) is 19.3. The summed E-state index contributed by atoms with van der Waals surface area (Å²) >= 11 is 0.872. The predicted octanol–water partition coefficient (Wildman–Crippen LogP) is 2.73. The Balaban J connectivity index is 1.53. The number of thioether (sulfide) groups is 1. The first-order valence-electron chi connectivity index (χ1n) is 8.46. The molecule has 5 nitrogen and oxygen atoms in total. The van der Waals surface area contributed by atoms with Gasteiger partial charge in [0.15, 0.2) is 5.17 Å². The van der Waals surface area contributed by atoms with Gasteiger partial charge in [-0.25, -0.2) is 0 Å². The van der Waals surface area contributed by atoms with Crippen LogP contribution in [0.4, 0.5) is 11.4 Å². The molecule has 0 aromatic heterocycles. The second-order valence-corrected chi connectivity index (χ2v) is 9.00. The van der Waals surface area contributed by atoms with E-state index < -0.39 is 11.2 Å². The molecule has 1 amide bonds. The van der Waals surface area contributed by atoms with Crippen LogP contribution in [-0.2, 0) is 16.0 Å². The van der Waals surface area contributed by atoms with Crippen LogP contribution in [0, 0.1) is 0 Å². The molecule has 0 aliphatic carbocycles. The zero-order valence-corrected chi connectivity index (χ0v) is 15.7. The van der Waals surface area contributed by atoms with Gasteiger partial charge in [0.25, 0.3) is 0 Å². The number of rotatable bonds is 4. The average molecular weight is 386 g/mol. The minimum absolute atomic E-state index is 0.0935. The molecule has 134 valence electrons. The van der Waals surface area contributed by atoms with Crippen molar-refractivity contribution >= 4 is 45.4 Å². The van der Waals surface area contributed by atoms with Crippen molar-refractivity contribution in [2.45, 2.75) is 11.3 Å². The third-order valence-electron chi connectivity index (χ3n) is 4.33. The van der Waals surface area contributed by atoms with E-state index in [-0.39, 0.29) is 23.7 Å². The third kappa shape index (κ3) is 3.90. The molecule has 0 bridgehead atoms. The van der Waals surface area contributed by atoms with Gasteiger partial charge in [-0.05, 0) is 24.3 Å². The number of nitrogens with one attached hydrogen (secondary N) is 1. The lowest BCUT2D eigenvalue weighted by Crippen LogP contribution is -2.36. The largest absolute Gasteiger partial charge is 0.616 e. The standard InChI is InChI=1S/C19H19N3O2S2/c23-18(20-14-7-3-1-4-8-14)11-22(15-9-5-2-6-10-15)19-21-16-12-26(24)13-17(16)25-19/h1-10,16-17H,11-13H2,(H,20,23). The van der Waals surface area contributed by atoms with Gasteiger partial charge >= 0.3 is 0 Å². The molecule has 3 unspecified atom stereocenters. The molecular formula is C19H19N3O2S2. The van der Waals surface area contributed by atoms with Gasteiger partial charge < -0.3 is 14.8 Å². The van der Waals surface area contributed by atoms with E-state index in [9.17, 15) is 9.35 Å². The van der Waals surface area contributed by atoms with Crippen molar-refractivity contribution < 1.29 is 9.35 Å². The number of hydrogen-bond acceptors (Lipinski definition) is 5. The van der Waals surface area contributed by atoms with Crippen LogP contribution in [0.5, 0.6) is 0 Å². The SMILES string of the molecule is O=C(CN(C1=NC2C[S+]([O-])CC2S1)c1ccccc1)Nc1ccccc1. The third-order valence-corrected chi connectivity index (χ3v) is 7.30. The van der Waals surface area contributed by atoms with Crippen LogP contribution >= 0.6 is 11.8 Å². The summed E-state index contributed by atoms with van der Waals surface area (Å²) in [6, 6.07) is 19.3. The van der Waals surface area contributed by atoms with Gasteiger partial charge in [-0.3, -0.25) is 9.79 Å². The van der Waals surface area contributed by atoms with Crippen molar-refractivity contribution in [2.24, 2.45) is 4.99 Å². The van der Waals surface area contributed by atoms with Crippen LogP contribution in [0.1, 0.15) is 0 Å². The number of fused-ring (bicyclic) bond motifs is 1. The van der Waals surface area contributed by atoms with Crippen LogP contribution in [0.15, 0.2) is 65.7 Å². The first-order chi connectivity index (χ1) is 12.7. The summed E-state index contributed by atoms with van der Waals surface area (Å²) in [5.74, 6) is 1.21. The number of nitrogens with zero attached hydrogens (tertiary/aromatic N) is 2. The second kappa shape index (κ2) is 7.73.